The number of nitriles is 1. The van der Waals surface area contributed by atoms with Crippen molar-refractivity contribution in [3.05, 3.63) is 0 Å². The van der Waals surface area contributed by atoms with Gasteiger partial charge in [0.2, 0.25) is 0 Å². The topological polar surface area (TPSA) is 94.6 Å². The first-order chi connectivity index (χ1) is 6.58. The summed E-state index contributed by atoms with van der Waals surface area (Å²) in [6.07, 6.45) is 0.312. The average molecular weight is 222 g/mol. The largest absolute Gasteiger partial charge is 0.357 e. The molecule has 0 aromatic rings. The standard InChI is InChI=1S/C7H15N2O4P/c1-3-12-13-14(10,11-2)5-4-7(9)6-8/h7H,3-5,9H2,1-2H3. The molecule has 0 aliphatic carbocycles. The van der Waals surface area contributed by atoms with Gasteiger partial charge in [-0.25, -0.2) is 4.89 Å². The van der Waals surface area contributed by atoms with Crippen LogP contribution in [0.25, 0.3) is 0 Å². The predicted octanol–water partition coefficient (Wildman–Crippen LogP) is 1.03. The minimum Gasteiger partial charge on any atom is -0.316 e. The van der Waals surface area contributed by atoms with Gasteiger partial charge in [-0.1, -0.05) is 0 Å². The molecule has 0 spiro atoms. The lowest BCUT2D eigenvalue weighted by Gasteiger charge is -2.14. The van der Waals surface area contributed by atoms with E-state index >= 15 is 0 Å². The second-order valence-electron chi connectivity index (χ2n) is 2.52. The minimum atomic E-state index is -3.24. The van der Waals surface area contributed by atoms with Gasteiger partial charge in [-0.2, -0.15) is 5.26 Å². The Bertz CT molecular complexity index is 240. The normalized spacial score (nSPS) is 17.0. The van der Waals surface area contributed by atoms with E-state index in [-0.39, 0.29) is 19.2 Å². The van der Waals surface area contributed by atoms with Crippen LogP contribution in [0, 0.1) is 11.3 Å². The lowest BCUT2D eigenvalue weighted by Crippen LogP contribution is -2.19. The third-order valence-corrected chi connectivity index (χ3v) is 3.14. The molecule has 0 aliphatic rings. The molecule has 0 amide bonds. The third kappa shape index (κ3) is 5.32. The van der Waals surface area contributed by atoms with Crippen molar-refractivity contribution in [1.82, 2.24) is 0 Å². The van der Waals surface area contributed by atoms with Crippen molar-refractivity contribution >= 4 is 7.60 Å². The summed E-state index contributed by atoms with van der Waals surface area (Å²) in [5, 5.41) is 8.40. The van der Waals surface area contributed by atoms with Crippen molar-refractivity contribution in [2.75, 3.05) is 19.9 Å². The molecule has 0 saturated heterocycles. The summed E-state index contributed by atoms with van der Waals surface area (Å²) < 4.78 is 20.9. The summed E-state index contributed by atoms with van der Waals surface area (Å²) >= 11 is 0. The summed E-state index contributed by atoms with van der Waals surface area (Å²) in [5.74, 6) is 0. The molecule has 2 unspecified atom stereocenters. The van der Waals surface area contributed by atoms with Gasteiger partial charge in [0.1, 0.15) is 0 Å². The summed E-state index contributed by atoms with van der Waals surface area (Å²) in [6.45, 7) is 1.97. The quantitative estimate of drug-likeness (QED) is 0.392. The highest BCUT2D eigenvalue weighted by Gasteiger charge is 2.25. The molecule has 0 fully saturated rings. The molecule has 0 heterocycles. The fraction of sp³-hybridized carbons (Fsp3) is 0.857. The van der Waals surface area contributed by atoms with Gasteiger partial charge in [-0.05, 0) is 13.3 Å². The van der Waals surface area contributed by atoms with Gasteiger partial charge in [-0.15, -0.1) is 4.67 Å². The third-order valence-electron chi connectivity index (χ3n) is 1.44. The van der Waals surface area contributed by atoms with Crippen molar-refractivity contribution < 1.29 is 18.7 Å². The van der Waals surface area contributed by atoms with E-state index in [1.54, 1.807) is 6.92 Å². The summed E-state index contributed by atoms with van der Waals surface area (Å²) in [4.78, 5) is 4.54. The van der Waals surface area contributed by atoms with E-state index in [9.17, 15) is 4.57 Å². The van der Waals surface area contributed by atoms with Crippen molar-refractivity contribution in [2.24, 2.45) is 5.73 Å². The van der Waals surface area contributed by atoms with Crippen LogP contribution in [0.2, 0.25) is 0 Å². The fourth-order valence-electron chi connectivity index (χ4n) is 0.654. The molecule has 0 radical (unpaired) electrons. The summed E-state index contributed by atoms with van der Waals surface area (Å²) in [7, 11) is -1.98. The Balaban J connectivity index is 4.00. The molecule has 14 heavy (non-hydrogen) atoms. The molecule has 0 aromatic heterocycles. The molecular weight excluding hydrogens is 207 g/mol. The van der Waals surface area contributed by atoms with Gasteiger partial charge in [0, 0.05) is 7.11 Å². The second-order valence-corrected chi connectivity index (χ2v) is 4.71. The molecule has 0 rings (SSSR count). The van der Waals surface area contributed by atoms with E-state index < -0.39 is 13.6 Å². The maximum Gasteiger partial charge on any atom is 0.357 e. The smallest absolute Gasteiger partial charge is 0.316 e. The van der Waals surface area contributed by atoms with Crippen LogP contribution in [-0.2, 0) is 18.7 Å². The van der Waals surface area contributed by atoms with Crippen molar-refractivity contribution in [1.29, 1.82) is 5.26 Å². The highest BCUT2D eigenvalue weighted by molar-refractivity contribution is 7.53. The molecule has 7 heteroatoms. The van der Waals surface area contributed by atoms with Crippen molar-refractivity contribution in [3.63, 3.8) is 0 Å². The second kappa shape index (κ2) is 6.93. The van der Waals surface area contributed by atoms with E-state index in [1.165, 1.54) is 7.11 Å². The first-order valence-corrected chi connectivity index (χ1v) is 5.92. The molecule has 82 valence electrons. The van der Waals surface area contributed by atoms with Gasteiger partial charge in [0.15, 0.2) is 0 Å². The fourth-order valence-corrected chi connectivity index (χ4v) is 1.83. The zero-order chi connectivity index (χ0) is 11.0. The highest BCUT2D eigenvalue weighted by atomic mass is 31.2. The van der Waals surface area contributed by atoms with Gasteiger partial charge in [0.05, 0.1) is 24.9 Å². The van der Waals surface area contributed by atoms with Crippen molar-refractivity contribution in [2.45, 2.75) is 19.4 Å². The molecule has 2 N–H and O–H groups in total. The summed E-state index contributed by atoms with van der Waals surface area (Å²) in [6, 6.07) is 1.16. The van der Waals surface area contributed by atoms with E-state index in [0.29, 0.717) is 0 Å². The van der Waals surface area contributed by atoms with Crippen LogP contribution in [0.1, 0.15) is 13.3 Å². The predicted molar refractivity (Wildman–Crippen MR) is 50.4 cm³/mol. The zero-order valence-corrected chi connectivity index (χ0v) is 9.20. The SMILES string of the molecule is CCOOP(=O)(CCC(N)C#N)OC. The maximum atomic E-state index is 11.6. The van der Waals surface area contributed by atoms with Crippen LogP contribution < -0.4 is 5.73 Å². The Morgan fingerprint density at radius 1 is 1.64 bits per heavy atom. The first kappa shape index (κ1) is 13.6. The van der Waals surface area contributed by atoms with E-state index in [1.807, 2.05) is 6.07 Å². The molecule has 0 bridgehead atoms. The molecule has 0 aliphatic heterocycles. The lowest BCUT2D eigenvalue weighted by atomic mass is 10.3. The lowest BCUT2D eigenvalue weighted by molar-refractivity contribution is -0.209. The highest BCUT2D eigenvalue weighted by Crippen LogP contribution is 2.48. The monoisotopic (exact) mass is 222 g/mol. The van der Waals surface area contributed by atoms with Gasteiger partial charge < -0.3 is 10.3 Å². The van der Waals surface area contributed by atoms with Crippen LogP contribution in [0.4, 0.5) is 0 Å². The average Bonchev–Trinajstić information content (AvgIpc) is 2.23. The van der Waals surface area contributed by atoms with E-state index in [4.69, 9.17) is 11.0 Å². The van der Waals surface area contributed by atoms with Gasteiger partial charge >= 0.3 is 7.60 Å². The molecule has 0 saturated carbocycles. The molecule has 6 nitrogen and oxygen atoms in total. The van der Waals surface area contributed by atoms with Crippen LogP contribution in [-0.4, -0.2) is 25.9 Å². The molecule has 2 atom stereocenters. The van der Waals surface area contributed by atoms with Gasteiger partial charge in [0.25, 0.3) is 0 Å². The van der Waals surface area contributed by atoms with Crippen molar-refractivity contribution in [3.8, 4) is 6.07 Å². The number of rotatable bonds is 7. The number of hydrogen-bond acceptors (Lipinski definition) is 6. The first-order valence-electron chi connectivity index (χ1n) is 4.19. The van der Waals surface area contributed by atoms with E-state index in [0.717, 1.165) is 0 Å². The van der Waals surface area contributed by atoms with E-state index in [2.05, 4.69) is 14.1 Å². The molecular formula is C7H15N2O4P. The maximum absolute atomic E-state index is 11.6. The zero-order valence-electron chi connectivity index (χ0n) is 8.30. The number of nitrogens with two attached hydrogens (primary N) is 1. The Labute approximate surface area is 83.4 Å². The van der Waals surface area contributed by atoms with Crippen LogP contribution in [0.3, 0.4) is 0 Å². The van der Waals surface area contributed by atoms with Crippen LogP contribution in [0.15, 0.2) is 0 Å². The molecule has 0 aromatic carbocycles. The van der Waals surface area contributed by atoms with Crippen LogP contribution >= 0.6 is 7.60 Å². The Hall–Kier alpha value is -0.440. The number of nitrogens with zero attached hydrogens (tertiary/aromatic N) is 1. The minimum absolute atomic E-state index is 0.0677. The number of hydrogen-bond donors (Lipinski definition) is 1. The summed E-state index contributed by atoms with van der Waals surface area (Å²) in [5.41, 5.74) is 5.33. The Morgan fingerprint density at radius 3 is 2.71 bits per heavy atom. The Morgan fingerprint density at radius 2 is 2.29 bits per heavy atom. The Kier molecular flexibility index (Phi) is 6.71. The van der Waals surface area contributed by atoms with Crippen LogP contribution in [0.5, 0.6) is 0 Å². The van der Waals surface area contributed by atoms with Gasteiger partial charge in [-0.3, -0.25) is 4.57 Å².